The van der Waals surface area contributed by atoms with Crippen LogP contribution in [0, 0.1) is 5.41 Å². The lowest BCUT2D eigenvalue weighted by Crippen LogP contribution is -2.29. The number of hydrogen-bond acceptors (Lipinski definition) is 2. The second-order valence-electron chi connectivity index (χ2n) is 4.78. The van der Waals surface area contributed by atoms with Crippen LogP contribution in [0.4, 0.5) is 0 Å². The van der Waals surface area contributed by atoms with Crippen molar-refractivity contribution in [1.29, 1.82) is 0 Å². The first-order valence-corrected chi connectivity index (χ1v) is 8.37. The van der Waals surface area contributed by atoms with Gasteiger partial charge in [0, 0.05) is 5.41 Å². The molecule has 0 nitrogen and oxygen atoms in total. The Balaban J connectivity index is 3.35. The highest BCUT2D eigenvalue weighted by Gasteiger charge is 2.42. The molecule has 0 amide bonds. The predicted octanol–water partition coefficient (Wildman–Crippen LogP) is 5.51. The molecule has 1 aliphatic rings. The largest absolute Gasteiger partial charge is 0.147 e. The molecule has 0 aromatic carbocycles. The fourth-order valence-electron chi connectivity index (χ4n) is 2.49. The van der Waals surface area contributed by atoms with Crippen molar-refractivity contribution in [2.45, 2.75) is 53.0 Å². The Morgan fingerprint density at radius 2 is 1.35 bits per heavy atom. The molecule has 0 spiro atoms. The molecule has 2 heteroatoms. The summed E-state index contributed by atoms with van der Waals surface area (Å²) >= 11 is 3.54. The third-order valence-electron chi connectivity index (χ3n) is 4.15. The molecule has 0 saturated carbocycles. The average Bonchev–Trinajstić information content (AvgIpc) is 2.47. The molecule has 0 unspecified atom stereocenters. The van der Waals surface area contributed by atoms with E-state index in [1.165, 1.54) is 22.3 Å². The van der Waals surface area contributed by atoms with Crippen LogP contribution in [0.2, 0.25) is 0 Å². The van der Waals surface area contributed by atoms with Crippen LogP contribution in [0.1, 0.15) is 49.8 Å². The highest BCUT2D eigenvalue weighted by atomic mass is 32.2. The van der Waals surface area contributed by atoms with Gasteiger partial charge in [-0.3, -0.25) is 0 Å². The Kier molecular flexibility index (Phi) is 4.71. The molecule has 0 aliphatic heterocycles. The minimum atomic E-state index is -0.510. The van der Waals surface area contributed by atoms with Crippen LogP contribution in [0.5, 0.6) is 0 Å². The number of rotatable bonds is 5. The third kappa shape index (κ3) is 2.49. The van der Waals surface area contributed by atoms with Gasteiger partial charge < -0.3 is 0 Å². The summed E-state index contributed by atoms with van der Waals surface area (Å²) in [6, 6.07) is 0. The van der Waals surface area contributed by atoms with Crippen LogP contribution >= 0.6 is 23.5 Å². The zero-order chi connectivity index (χ0) is 14.1. The van der Waals surface area contributed by atoms with Crippen LogP contribution < -0.4 is 0 Å². The van der Waals surface area contributed by atoms with Crippen molar-refractivity contribution in [3.05, 3.63) is 22.3 Å². The van der Waals surface area contributed by atoms with Crippen LogP contribution in [0.3, 0.4) is 0 Å². The molecule has 1 rings (SSSR count). The molecule has 0 saturated heterocycles. The first-order chi connectivity index (χ1) is 8.26. The highest BCUT2D eigenvalue weighted by molar-refractivity contribution is 8.17. The molecular weight excluding hydrogens is 244 g/mol. The van der Waals surface area contributed by atoms with E-state index in [-0.39, 0.29) is 5.41 Å². The predicted molar refractivity (Wildman–Crippen MR) is 84.9 cm³/mol. The Morgan fingerprint density at radius 1 is 1.00 bits per heavy atom. The smallest absolute Gasteiger partial charge is 0.0630 e. The van der Waals surface area contributed by atoms with Gasteiger partial charge in [-0.05, 0) is 50.3 Å². The molecule has 0 heterocycles. The fourth-order valence-corrected chi connectivity index (χ4v) is 5.25. The number of hydrogen-bond donors (Lipinski definition) is 0. The average molecular weight is 272 g/mol. The molecule has 0 aromatic rings. The minimum Gasteiger partial charge on any atom is -0.147 e. The van der Waals surface area contributed by atoms with Crippen molar-refractivity contribution in [2.75, 3.05) is 11.5 Å². The fraction of sp³-hybridized carbons (Fsp3) is 0.733. The topological polar surface area (TPSA) is 0 Å². The minimum absolute atomic E-state index is 0.136. The lowest BCUT2D eigenvalue weighted by Gasteiger charge is -2.37. The van der Waals surface area contributed by atoms with Crippen LogP contribution in [0.25, 0.3) is 0 Å². The zero-order valence-electron chi connectivity index (χ0n) is 13.2. The quantitative estimate of drug-likeness (QED) is 0.605. The van der Waals surface area contributed by atoms with E-state index in [0.29, 0.717) is 0 Å². The summed E-state index contributed by atoms with van der Waals surface area (Å²) < 4.78 is 8.50. The SMILES string of the molecule is [2H]C(SCC)(SCC)C1(C)C(C)=C(C)C(C)=C1C. The normalized spacial score (nSPS) is 21.2. The molecule has 0 aromatic heterocycles. The van der Waals surface area contributed by atoms with Gasteiger partial charge in [-0.2, -0.15) is 0 Å². The molecule has 0 fully saturated rings. The van der Waals surface area contributed by atoms with E-state index in [2.05, 4.69) is 48.5 Å². The lowest BCUT2D eigenvalue weighted by molar-refractivity contribution is 0.536. The van der Waals surface area contributed by atoms with Crippen molar-refractivity contribution < 1.29 is 1.37 Å². The monoisotopic (exact) mass is 271 g/mol. The second kappa shape index (κ2) is 5.88. The Bertz CT molecular complexity index is 363. The van der Waals surface area contributed by atoms with E-state index < -0.39 is 4.56 Å². The van der Waals surface area contributed by atoms with Gasteiger partial charge in [-0.15, -0.1) is 23.5 Å². The van der Waals surface area contributed by atoms with Gasteiger partial charge in [0.05, 0.1) is 5.93 Å². The van der Waals surface area contributed by atoms with E-state index in [9.17, 15) is 0 Å². The lowest BCUT2D eigenvalue weighted by atomic mass is 9.81. The zero-order valence-corrected chi connectivity index (χ0v) is 13.9. The Hall–Kier alpha value is 0.180. The summed E-state index contributed by atoms with van der Waals surface area (Å²) in [7, 11) is 0. The summed E-state index contributed by atoms with van der Waals surface area (Å²) in [5, 5.41) is 0. The molecule has 1 aliphatic carbocycles. The van der Waals surface area contributed by atoms with Crippen LogP contribution in [-0.2, 0) is 0 Å². The van der Waals surface area contributed by atoms with Gasteiger partial charge in [-0.25, -0.2) is 0 Å². The Labute approximate surface area is 117 Å². The maximum absolute atomic E-state index is 9.01. The first kappa shape index (κ1) is 13.6. The summed E-state index contributed by atoms with van der Waals surface area (Å²) in [5.41, 5.74) is 5.41. The van der Waals surface area contributed by atoms with Crippen molar-refractivity contribution >= 4 is 23.5 Å². The summed E-state index contributed by atoms with van der Waals surface area (Å²) in [4.78, 5) is 0. The molecule has 98 valence electrons. The van der Waals surface area contributed by atoms with Gasteiger partial charge in [0.2, 0.25) is 0 Å². The standard InChI is InChI=1S/C15H26S2/c1-8-16-14(17-9-2)15(7)12(5)10(3)11(4)13(15)6/h14H,8-9H2,1-7H3/i14D. The maximum Gasteiger partial charge on any atom is 0.0630 e. The molecule has 17 heavy (non-hydrogen) atoms. The van der Waals surface area contributed by atoms with Gasteiger partial charge >= 0.3 is 0 Å². The molecular formula is C15H26S2. The van der Waals surface area contributed by atoms with Gasteiger partial charge in [0.25, 0.3) is 0 Å². The molecule has 0 N–H and O–H groups in total. The van der Waals surface area contributed by atoms with Crippen molar-refractivity contribution in [3.63, 3.8) is 0 Å². The highest BCUT2D eigenvalue weighted by Crippen LogP contribution is 2.54. The van der Waals surface area contributed by atoms with E-state index in [1.54, 1.807) is 23.5 Å². The third-order valence-corrected chi connectivity index (χ3v) is 6.77. The molecule has 0 bridgehead atoms. The van der Waals surface area contributed by atoms with Gasteiger partial charge in [0.15, 0.2) is 0 Å². The van der Waals surface area contributed by atoms with Crippen molar-refractivity contribution in [2.24, 2.45) is 5.41 Å². The summed E-state index contributed by atoms with van der Waals surface area (Å²) in [6.07, 6.45) is 0. The van der Waals surface area contributed by atoms with Gasteiger partial charge in [-0.1, -0.05) is 31.9 Å². The summed E-state index contributed by atoms with van der Waals surface area (Å²) in [6.45, 7) is 15.4. The van der Waals surface area contributed by atoms with E-state index in [1.807, 2.05) is 0 Å². The van der Waals surface area contributed by atoms with Crippen molar-refractivity contribution in [3.8, 4) is 0 Å². The first-order valence-electron chi connectivity index (χ1n) is 6.90. The number of thioether (sulfide) groups is 2. The molecule has 0 atom stereocenters. The maximum atomic E-state index is 9.01. The van der Waals surface area contributed by atoms with Crippen LogP contribution in [0.15, 0.2) is 22.3 Å². The van der Waals surface area contributed by atoms with E-state index in [0.717, 1.165) is 11.5 Å². The van der Waals surface area contributed by atoms with E-state index >= 15 is 0 Å². The van der Waals surface area contributed by atoms with Crippen molar-refractivity contribution in [1.82, 2.24) is 0 Å². The Morgan fingerprint density at radius 3 is 1.65 bits per heavy atom. The number of allylic oxidation sites excluding steroid dienone is 4. The molecule has 0 radical (unpaired) electrons. The second-order valence-corrected chi connectivity index (χ2v) is 7.59. The van der Waals surface area contributed by atoms with Gasteiger partial charge in [0.1, 0.15) is 0 Å². The van der Waals surface area contributed by atoms with E-state index in [4.69, 9.17) is 1.37 Å². The summed E-state index contributed by atoms with van der Waals surface area (Å²) in [5.74, 6) is 1.98. The van der Waals surface area contributed by atoms with Crippen LogP contribution in [-0.4, -0.2) is 16.1 Å².